The fraction of sp³-hybridized carbons (Fsp3) is 0.379. The maximum atomic E-state index is 14.1. The second kappa shape index (κ2) is 10.2. The Hall–Kier alpha value is -2.11. The molecule has 6 rings (SSSR count). The molecule has 2 heterocycles. The van der Waals surface area contributed by atoms with E-state index >= 15 is 0 Å². The maximum Gasteiger partial charge on any atom is 0.254 e. The zero-order valence-corrected chi connectivity index (χ0v) is 27.6. The van der Waals surface area contributed by atoms with E-state index in [1.54, 1.807) is 24.3 Å². The number of rotatable bonds is 4. The van der Waals surface area contributed by atoms with Gasteiger partial charge < -0.3 is 9.84 Å². The molecule has 1 N–H and O–H groups in total. The van der Waals surface area contributed by atoms with Gasteiger partial charge in [-0.15, -0.1) is 23.2 Å². The highest BCUT2D eigenvalue weighted by molar-refractivity contribution is 9.10. The van der Waals surface area contributed by atoms with Gasteiger partial charge in [0.05, 0.1) is 34.6 Å². The lowest BCUT2D eigenvalue weighted by atomic mass is 9.56. The minimum atomic E-state index is -1.97. The largest absolute Gasteiger partial charge is 0.503 e. The number of methoxy groups -OCH3 is 1. The SMILES string of the molecule is COc1cc([C@H]2C3=CC[C@@H]4C(=O)N(c5ccc(C)c(Cl)c5)C(=O)[C@@H]4[C@@H]3C[C@@]3(Cl)C(=O)N(CBr)C(=O)[C@@]23Cl)cc(Br)c1O. The number of ether oxygens (including phenoxy) is 1. The fourth-order valence-electron chi connectivity index (χ4n) is 7.02. The molecule has 3 fully saturated rings. The predicted molar refractivity (Wildman–Crippen MR) is 164 cm³/mol. The molecule has 2 aliphatic heterocycles. The summed E-state index contributed by atoms with van der Waals surface area (Å²) >= 11 is 27.4. The normalized spacial score (nSPS) is 32.1. The van der Waals surface area contributed by atoms with Gasteiger partial charge in [0.2, 0.25) is 11.8 Å². The van der Waals surface area contributed by atoms with Crippen molar-refractivity contribution in [2.24, 2.45) is 17.8 Å². The summed E-state index contributed by atoms with van der Waals surface area (Å²) in [7, 11) is 1.38. The number of phenols is 1. The van der Waals surface area contributed by atoms with E-state index in [0.29, 0.717) is 21.8 Å². The first-order valence-electron chi connectivity index (χ1n) is 13.0. The molecule has 4 amide bonds. The minimum absolute atomic E-state index is 0.111. The smallest absolute Gasteiger partial charge is 0.254 e. The van der Waals surface area contributed by atoms with Crippen LogP contribution in [0.2, 0.25) is 5.02 Å². The molecule has 0 unspecified atom stereocenters. The minimum Gasteiger partial charge on any atom is -0.503 e. The van der Waals surface area contributed by atoms with Gasteiger partial charge in [0.1, 0.15) is 0 Å². The molecule has 4 aliphatic rings. The number of carbonyl (C=O) groups excluding carboxylic acids is 4. The van der Waals surface area contributed by atoms with E-state index < -0.39 is 51.1 Å². The Kier molecular flexibility index (Phi) is 7.29. The van der Waals surface area contributed by atoms with Gasteiger partial charge in [0.25, 0.3) is 11.8 Å². The summed E-state index contributed by atoms with van der Waals surface area (Å²) in [6.07, 6.45) is 1.93. The van der Waals surface area contributed by atoms with Crippen molar-refractivity contribution in [1.29, 1.82) is 0 Å². The molecule has 2 saturated heterocycles. The summed E-state index contributed by atoms with van der Waals surface area (Å²) in [6.45, 7) is 1.82. The number of imide groups is 2. The van der Waals surface area contributed by atoms with Gasteiger partial charge in [0, 0.05) is 10.9 Å². The first-order valence-corrected chi connectivity index (χ1v) is 16.1. The molecule has 42 heavy (non-hydrogen) atoms. The number of anilines is 1. The van der Waals surface area contributed by atoms with Crippen molar-refractivity contribution in [2.75, 3.05) is 17.5 Å². The van der Waals surface area contributed by atoms with E-state index in [1.807, 2.05) is 13.0 Å². The highest BCUT2D eigenvalue weighted by Gasteiger charge is 2.76. The lowest BCUT2D eigenvalue weighted by Gasteiger charge is -2.50. The van der Waals surface area contributed by atoms with E-state index in [4.69, 9.17) is 39.5 Å². The summed E-state index contributed by atoms with van der Waals surface area (Å²) in [5, 5.41) is 10.9. The molecule has 13 heteroatoms. The average molecular weight is 762 g/mol. The van der Waals surface area contributed by atoms with Crippen LogP contribution in [0.3, 0.4) is 0 Å². The lowest BCUT2D eigenvalue weighted by molar-refractivity contribution is -0.138. The number of hydrogen-bond acceptors (Lipinski definition) is 6. The topological polar surface area (TPSA) is 104 Å². The average Bonchev–Trinajstić information content (AvgIpc) is 3.29. The van der Waals surface area contributed by atoms with Crippen LogP contribution in [0, 0.1) is 24.7 Å². The molecule has 0 aromatic heterocycles. The number of nitrogens with zero attached hydrogens (tertiary/aromatic N) is 2. The second-order valence-corrected chi connectivity index (χ2v) is 14.0. The van der Waals surface area contributed by atoms with Crippen LogP contribution in [-0.2, 0) is 19.2 Å². The molecular weight excluding hydrogens is 738 g/mol. The van der Waals surface area contributed by atoms with Crippen molar-refractivity contribution in [3.8, 4) is 11.5 Å². The van der Waals surface area contributed by atoms with E-state index in [-0.39, 0.29) is 40.2 Å². The number of halogens is 5. The molecule has 2 aromatic rings. The van der Waals surface area contributed by atoms with Gasteiger partial charge in [0.15, 0.2) is 21.2 Å². The molecule has 0 radical (unpaired) electrons. The highest BCUT2D eigenvalue weighted by atomic mass is 79.9. The van der Waals surface area contributed by atoms with Crippen LogP contribution in [0.25, 0.3) is 0 Å². The van der Waals surface area contributed by atoms with Crippen LogP contribution in [0.4, 0.5) is 5.69 Å². The summed E-state index contributed by atoms with van der Waals surface area (Å²) in [6, 6.07) is 8.13. The van der Waals surface area contributed by atoms with Crippen molar-refractivity contribution >= 4 is 96.0 Å². The summed E-state index contributed by atoms with van der Waals surface area (Å²) in [5.74, 6) is -5.44. The van der Waals surface area contributed by atoms with Crippen molar-refractivity contribution in [2.45, 2.75) is 35.4 Å². The number of benzene rings is 2. The van der Waals surface area contributed by atoms with E-state index in [2.05, 4.69) is 31.9 Å². The number of carbonyl (C=O) groups is 4. The third-order valence-corrected chi connectivity index (χ3v) is 12.0. The number of hydrogen-bond donors (Lipinski definition) is 1. The molecule has 220 valence electrons. The van der Waals surface area contributed by atoms with Crippen LogP contribution in [0.15, 0.2) is 46.5 Å². The van der Waals surface area contributed by atoms with Gasteiger partial charge in [-0.1, -0.05) is 45.2 Å². The van der Waals surface area contributed by atoms with Crippen molar-refractivity contribution in [1.82, 2.24) is 4.90 Å². The number of aryl methyl sites for hydroxylation is 1. The standard InChI is InChI=1S/C29H23Br2Cl3N2O6/c1-12-3-4-14(9-19(12)32)36-24(38)16-6-5-15-17(21(16)25(36)39)10-28(33)26(40)35(11-30)27(41)29(28,34)22(15)13-7-18(31)23(37)20(8-13)42-2/h3-5,7-9,16-17,21-22,37H,6,10-11H2,1-2H3/t16-,17+,21-,22-,28+,29-/m0/s1. The quantitative estimate of drug-likeness (QED) is 0.177. The zero-order valence-electron chi connectivity index (χ0n) is 22.2. The van der Waals surface area contributed by atoms with Crippen molar-refractivity contribution < 1.29 is 29.0 Å². The second-order valence-electron chi connectivity index (χ2n) is 11.0. The maximum absolute atomic E-state index is 14.1. The Bertz CT molecular complexity index is 1630. The molecule has 0 bridgehead atoms. The molecule has 8 nitrogen and oxygen atoms in total. The fourth-order valence-corrected chi connectivity index (χ4v) is 9.08. The first-order chi connectivity index (χ1) is 19.8. The molecule has 0 spiro atoms. The molecule has 1 saturated carbocycles. The van der Waals surface area contributed by atoms with E-state index in [0.717, 1.165) is 15.4 Å². The summed E-state index contributed by atoms with van der Waals surface area (Å²) < 4.78 is 5.65. The molecule has 2 aromatic carbocycles. The van der Waals surface area contributed by atoms with Crippen LogP contribution >= 0.6 is 66.7 Å². The Balaban J connectivity index is 1.54. The van der Waals surface area contributed by atoms with Crippen molar-refractivity contribution in [3.05, 3.63) is 62.6 Å². The number of phenolic OH excluding ortho intramolecular Hbond substituents is 1. The molecule has 6 atom stereocenters. The Morgan fingerprint density at radius 3 is 2.43 bits per heavy atom. The zero-order chi connectivity index (χ0) is 30.5. The number of aromatic hydroxyl groups is 1. The summed E-state index contributed by atoms with van der Waals surface area (Å²) in [5.41, 5.74) is 2.11. The van der Waals surface area contributed by atoms with Crippen molar-refractivity contribution in [3.63, 3.8) is 0 Å². The Labute approximate surface area is 273 Å². The van der Waals surface area contributed by atoms with E-state index in [9.17, 15) is 24.3 Å². The molecular formula is C29H23Br2Cl3N2O6. The van der Waals surface area contributed by atoms with Gasteiger partial charge in [-0.05, 0) is 77.0 Å². The van der Waals surface area contributed by atoms with Gasteiger partial charge in [-0.25, -0.2) is 4.90 Å². The highest BCUT2D eigenvalue weighted by Crippen LogP contribution is 2.66. The van der Waals surface area contributed by atoms with Gasteiger partial charge in [-0.2, -0.15) is 0 Å². The van der Waals surface area contributed by atoms with Gasteiger partial charge >= 0.3 is 0 Å². The number of amides is 4. The van der Waals surface area contributed by atoms with Gasteiger partial charge in [-0.3, -0.25) is 24.1 Å². The van der Waals surface area contributed by atoms with Crippen LogP contribution in [0.5, 0.6) is 11.5 Å². The van der Waals surface area contributed by atoms with E-state index in [1.165, 1.54) is 13.2 Å². The third kappa shape index (κ3) is 3.84. The number of allylic oxidation sites excluding steroid dienone is 2. The third-order valence-electron chi connectivity index (χ3n) is 9.03. The summed E-state index contributed by atoms with van der Waals surface area (Å²) in [4.78, 5) is 53.7. The van der Waals surface area contributed by atoms with Crippen LogP contribution in [-0.4, -0.2) is 55.9 Å². The van der Waals surface area contributed by atoms with Crippen LogP contribution in [0.1, 0.15) is 29.9 Å². The molecule has 2 aliphatic carbocycles. The number of fused-ring (bicyclic) bond motifs is 4. The monoisotopic (exact) mass is 758 g/mol. The predicted octanol–water partition coefficient (Wildman–Crippen LogP) is 6.04. The first kappa shape index (κ1) is 29.9. The Morgan fingerprint density at radius 2 is 1.79 bits per heavy atom. The number of likely N-dealkylation sites (tertiary alicyclic amines) is 1. The lowest BCUT2D eigenvalue weighted by Crippen LogP contribution is -2.60. The number of alkyl halides is 3. The van der Waals surface area contributed by atoms with Crippen LogP contribution < -0.4 is 9.64 Å². The Morgan fingerprint density at radius 1 is 1.07 bits per heavy atom.